The van der Waals surface area contributed by atoms with Crippen LogP contribution >= 0.6 is 0 Å². The van der Waals surface area contributed by atoms with E-state index in [0.717, 1.165) is 0 Å². The highest BCUT2D eigenvalue weighted by atomic mass is 19.4. The van der Waals surface area contributed by atoms with Crippen LogP contribution in [0, 0.1) is 5.92 Å². The van der Waals surface area contributed by atoms with Crippen molar-refractivity contribution >= 4 is 17.6 Å². The van der Waals surface area contributed by atoms with Crippen molar-refractivity contribution in [1.82, 2.24) is 9.97 Å². The zero-order valence-corrected chi connectivity index (χ0v) is 11.2. The summed E-state index contributed by atoms with van der Waals surface area (Å²) in [5.74, 6) is -0.269. The van der Waals surface area contributed by atoms with Crippen LogP contribution in [-0.2, 0) is 0 Å². The van der Waals surface area contributed by atoms with Crippen LogP contribution < -0.4 is 16.0 Å². The van der Waals surface area contributed by atoms with Gasteiger partial charge in [0.2, 0.25) is 5.95 Å². The molecule has 20 heavy (non-hydrogen) atoms. The number of nitrogens with two attached hydrogens (primary N) is 1. The second-order valence-electron chi connectivity index (χ2n) is 4.83. The molecule has 0 saturated carbocycles. The Bertz CT molecular complexity index is 463. The lowest BCUT2D eigenvalue weighted by Crippen LogP contribution is -2.42. The van der Waals surface area contributed by atoms with E-state index in [-0.39, 0.29) is 18.9 Å². The average molecular weight is 289 g/mol. The third-order valence-corrected chi connectivity index (χ3v) is 3.30. The van der Waals surface area contributed by atoms with Gasteiger partial charge in [-0.2, -0.15) is 23.1 Å². The largest absolute Gasteiger partial charge is 0.393 e. The van der Waals surface area contributed by atoms with Crippen LogP contribution in [0.1, 0.15) is 19.8 Å². The third kappa shape index (κ3) is 3.43. The molecule has 2 rings (SSSR count). The first-order valence-corrected chi connectivity index (χ1v) is 6.60. The smallest absolute Gasteiger partial charge is 0.370 e. The van der Waals surface area contributed by atoms with Gasteiger partial charge in [-0.1, -0.05) is 0 Å². The van der Waals surface area contributed by atoms with Gasteiger partial charge < -0.3 is 16.0 Å². The summed E-state index contributed by atoms with van der Waals surface area (Å²) in [5, 5.41) is 2.99. The van der Waals surface area contributed by atoms with Crippen molar-refractivity contribution < 1.29 is 13.2 Å². The van der Waals surface area contributed by atoms with Gasteiger partial charge in [-0.3, -0.25) is 0 Å². The standard InChI is InChI=1S/C12H18F3N5/c1-2-17-9-6-10(19-11(16)18-9)20-5-3-4-8(7-20)12(13,14)15/h6,8H,2-5,7H2,1H3,(H3,16,17,18,19). The Morgan fingerprint density at radius 1 is 1.45 bits per heavy atom. The van der Waals surface area contributed by atoms with Gasteiger partial charge in [0.25, 0.3) is 0 Å². The highest BCUT2D eigenvalue weighted by molar-refractivity contribution is 5.52. The number of anilines is 3. The molecule has 1 unspecified atom stereocenters. The fourth-order valence-electron chi connectivity index (χ4n) is 2.34. The van der Waals surface area contributed by atoms with Crippen LogP contribution in [0.3, 0.4) is 0 Å². The van der Waals surface area contributed by atoms with Crippen molar-refractivity contribution in [3.63, 3.8) is 0 Å². The molecule has 3 N–H and O–H groups in total. The van der Waals surface area contributed by atoms with Gasteiger partial charge in [0, 0.05) is 25.7 Å². The van der Waals surface area contributed by atoms with Crippen LogP contribution in [0.25, 0.3) is 0 Å². The zero-order chi connectivity index (χ0) is 14.8. The Hall–Kier alpha value is -1.73. The van der Waals surface area contributed by atoms with Crippen LogP contribution in [0.15, 0.2) is 6.07 Å². The predicted octanol–water partition coefficient (Wildman–Crippen LogP) is 2.27. The lowest BCUT2D eigenvalue weighted by atomic mass is 9.97. The van der Waals surface area contributed by atoms with Gasteiger partial charge in [-0.05, 0) is 19.8 Å². The number of halogens is 3. The zero-order valence-electron chi connectivity index (χ0n) is 11.2. The number of piperidine rings is 1. The molecule has 0 bridgehead atoms. The van der Waals surface area contributed by atoms with Crippen LogP contribution in [0.4, 0.5) is 30.8 Å². The molecule has 1 aliphatic rings. The van der Waals surface area contributed by atoms with Crippen molar-refractivity contribution in [3.05, 3.63) is 6.07 Å². The van der Waals surface area contributed by atoms with Crippen molar-refractivity contribution in [3.8, 4) is 0 Å². The van der Waals surface area contributed by atoms with Crippen LogP contribution in [-0.4, -0.2) is 35.8 Å². The molecule has 1 aromatic rings. The first-order chi connectivity index (χ1) is 9.40. The molecule has 0 spiro atoms. The summed E-state index contributed by atoms with van der Waals surface area (Å²) in [7, 11) is 0. The molecular weight excluding hydrogens is 271 g/mol. The first-order valence-electron chi connectivity index (χ1n) is 6.60. The number of alkyl halides is 3. The molecule has 1 saturated heterocycles. The molecule has 1 aliphatic heterocycles. The maximum Gasteiger partial charge on any atom is 0.393 e. The molecular formula is C12H18F3N5. The Morgan fingerprint density at radius 3 is 2.85 bits per heavy atom. The lowest BCUT2D eigenvalue weighted by Gasteiger charge is -2.34. The molecule has 0 aromatic carbocycles. The maximum absolute atomic E-state index is 12.8. The maximum atomic E-state index is 12.8. The van der Waals surface area contributed by atoms with E-state index in [4.69, 9.17) is 5.73 Å². The molecule has 1 fully saturated rings. The topological polar surface area (TPSA) is 67.1 Å². The normalized spacial score (nSPS) is 20.0. The number of nitrogens with zero attached hydrogens (tertiary/aromatic N) is 3. The van der Waals surface area contributed by atoms with E-state index < -0.39 is 12.1 Å². The van der Waals surface area contributed by atoms with Crippen molar-refractivity contribution in [2.24, 2.45) is 5.92 Å². The van der Waals surface area contributed by atoms with Crippen molar-refractivity contribution in [2.45, 2.75) is 25.9 Å². The average Bonchev–Trinajstić information content (AvgIpc) is 2.37. The number of hydrogen-bond donors (Lipinski definition) is 2. The summed E-state index contributed by atoms with van der Waals surface area (Å²) in [5.41, 5.74) is 5.61. The minimum atomic E-state index is -4.16. The van der Waals surface area contributed by atoms with Gasteiger partial charge in [-0.15, -0.1) is 0 Å². The highest BCUT2D eigenvalue weighted by Crippen LogP contribution is 2.34. The quantitative estimate of drug-likeness (QED) is 0.893. The first kappa shape index (κ1) is 14.7. The van der Waals surface area contributed by atoms with Crippen molar-refractivity contribution in [2.75, 3.05) is 35.6 Å². The summed E-state index contributed by atoms with van der Waals surface area (Å²) in [6.07, 6.45) is -3.51. The molecule has 5 nitrogen and oxygen atoms in total. The minimum absolute atomic E-state index is 0.0626. The summed E-state index contributed by atoms with van der Waals surface area (Å²) in [6.45, 7) is 3.03. The van der Waals surface area contributed by atoms with E-state index in [0.29, 0.717) is 31.1 Å². The van der Waals surface area contributed by atoms with Crippen LogP contribution in [0.5, 0.6) is 0 Å². The highest BCUT2D eigenvalue weighted by Gasteiger charge is 2.42. The van der Waals surface area contributed by atoms with E-state index in [1.165, 1.54) is 0 Å². The lowest BCUT2D eigenvalue weighted by molar-refractivity contribution is -0.176. The summed E-state index contributed by atoms with van der Waals surface area (Å²) >= 11 is 0. The molecule has 0 radical (unpaired) electrons. The number of nitrogen functional groups attached to an aromatic ring is 1. The fourth-order valence-corrected chi connectivity index (χ4v) is 2.34. The molecule has 8 heteroatoms. The summed E-state index contributed by atoms with van der Waals surface area (Å²) in [4.78, 5) is 9.66. The van der Waals surface area contributed by atoms with E-state index in [1.807, 2.05) is 6.92 Å². The Balaban J connectivity index is 2.18. The molecule has 0 aliphatic carbocycles. The number of rotatable bonds is 3. The monoisotopic (exact) mass is 289 g/mol. The Labute approximate surface area is 115 Å². The summed E-state index contributed by atoms with van der Waals surface area (Å²) < 4.78 is 38.4. The molecule has 0 amide bonds. The molecule has 1 aromatic heterocycles. The van der Waals surface area contributed by atoms with Gasteiger partial charge in [0.05, 0.1) is 5.92 Å². The van der Waals surface area contributed by atoms with E-state index in [9.17, 15) is 13.2 Å². The van der Waals surface area contributed by atoms with Gasteiger partial charge >= 0.3 is 6.18 Å². The van der Waals surface area contributed by atoms with Crippen LogP contribution in [0.2, 0.25) is 0 Å². The predicted molar refractivity (Wildman–Crippen MR) is 71.6 cm³/mol. The fraction of sp³-hybridized carbons (Fsp3) is 0.667. The van der Waals surface area contributed by atoms with E-state index in [2.05, 4.69) is 15.3 Å². The van der Waals surface area contributed by atoms with Crippen molar-refractivity contribution in [1.29, 1.82) is 0 Å². The molecule has 112 valence electrons. The Kier molecular flexibility index (Phi) is 4.20. The minimum Gasteiger partial charge on any atom is -0.370 e. The number of nitrogens with one attached hydrogen (secondary N) is 1. The van der Waals surface area contributed by atoms with E-state index in [1.54, 1.807) is 11.0 Å². The SMILES string of the molecule is CCNc1cc(N2CCCC(C(F)(F)F)C2)nc(N)n1. The summed E-state index contributed by atoms with van der Waals surface area (Å²) in [6, 6.07) is 1.64. The molecule has 2 heterocycles. The van der Waals surface area contributed by atoms with Gasteiger partial charge in [0.1, 0.15) is 11.6 Å². The second-order valence-corrected chi connectivity index (χ2v) is 4.83. The molecule has 1 atom stereocenters. The Morgan fingerprint density at radius 2 is 2.20 bits per heavy atom. The number of hydrogen-bond acceptors (Lipinski definition) is 5. The van der Waals surface area contributed by atoms with E-state index >= 15 is 0 Å². The van der Waals surface area contributed by atoms with Gasteiger partial charge in [0.15, 0.2) is 0 Å². The second kappa shape index (κ2) is 5.72. The third-order valence-electron chi connectivity index (χ3n) is 3.30. The van der Waals surface area contributed by atoms with Gasteiger partial charge in [-0.25, -0.2) is 0 Å². The number of aromatic nitrogens is 2.